The molecule has 168 valence electrons. The van der Waals surface area contributed by atoms with Gasteiger partial charge in [0.25, 0.3) is 5.91 Å². The van der Waals surface area contributed by atoms with Crippen LogP contribution in [0.25, 0.3) is 0 Å². The van der Waals surface area contributed by atoms with Gasteiger partial charge in [0.15, 0.2) is 0 Å². The maximum absolute atomic E-state index is 13.1. The van der Waals surface area contributed by atoms with Crippen LogP contribution in [0.5, 0.6) is 0 Å². The molecule has 0 radical (unpaired) electrons. The quantitative estimate of drug-likeness (QED) is 0.707. The lowest BCUT2D eigenvalue weighted by atomic mass is 10.1. The summed E-state index contributed by atoms with van der Waals surface area (Å²) in [6, 6.07) is 10.6. The molecule has 3 rings (SSSR count). The molecule has 0 unspecified atom stereocenters. The third kappa shape index (κ3) is 5.26. The number of nitrogens with one attached hydrogen (secondary N) is 1. The first-order valence-electron chi connectivity index (χ1n) is 10.6. The Bertz CT molecular complexity index is 1020. The van der Waals surface area contributed by atoms with Crippen molar-refractivity contribution in [2.45, 2.75) is 32.6 Å². The summed E-state index contributed by atoms with van der Waals surface area (Å²) in [5.74, 6) is -0.263. The monoisotopic (exact) mass is 445 g/mol. The minimum Gasteiger partial charge on any atom is -0.379 e. The molecule has 1 aliphatic rings. The molecule has 0 bridgehead atoms. The molecule has 8 heteroatoms. The summed E-state index contributed by atoms with van der Waals surface area (Å²) in [4.78, 5) is 15.3. The van der Waals surface area contributed by atoms with Gasteiger partial charge in [0.2, 0.25) is 10.0 Å². The Morgan fingerprint density at radius 1 is 1.03 bits per heavy atom. The second-order valence-corrected chi connectivity index (χ2v) is 9.64. The van der Waals surface area contributed by atoms with Crippen LogP contribution in [-0.4, -0.2) is 58.0 Å². The molecule has 1 amide bonds. The van der Waals surface area contributed by atoms with E-state index in [9.17, 15) is 13.2 Å². The number of aryl methyl sites for hydroxylation is 2. The van der Waals surface area contributed by atoms with Gasteiger partial charge in [-0.2, -0.15) is 4.31 Å². The molecule has 1 aliphatic heterocycles. The van der Waals surface area contributed by atoms with E-state index in [-0.39, 0.29) is 10.8 Å². The fraction of sp³-hybridized carbons (Fsp3) is 0.435. The Hall–Kier alpha value is -2.42. The van der Waals surface area contributed by atoms with E-state index in [1.165, 1.54) is 4.31 Å². The highest BCUT2D eigenvalue weighted by Crippen LogP contribution is 2.31. The van der Waals surface area contributed by atoms with Crippen molar-refractivity contribution >= 4 is 27.3 Å². The van der Waals surface area contributed by atoms with E-state index in [0.29, 0.717) is 37.6 Å². The smallest absolute Gasteiger partial charge is 0.255 e. The van der Waals surface area contributed by atoms with Crippen molar-refractivity contribution in [1.82, 2.24) is 4.31 Å². The molecule has 1 fully saturated rings. The molecule has 2 aromatic rings. The van der Waals surface area contributed by atoms with Gasteiger partial charge >= 0.3 is 0 Å². The van der Waals surface area contributed by atoms with Crippen LogP contribution < -0.4 is 10.2 Å². The second-order valence-electron chi connectivity index (χ2n) is 7.70. The third-order valence-corrected chi connectivity index (χ3v) is 7.31. The summed E-state index contributed by atoms with van der Waals surface area (Å²) in [7, 11) is -3.67. The summed E-state index contributed by atoms with van der Waals surface area (Å²) < 4.78 is 33.0. The Balaban J connectivity index is 2.00. The average Bonchev–Trinajstić information content (AvgIpc) is 2.75. The van der Waals surface area contributed by atoms with Gasteiger partial charge in [-0.3, -0.25) is 4.79 Å². The standard InChI is InChI=1S/C23H31N3O4S/c1-5-25(6-2)22-8-7-20(31(28,29)26-9-11-30-12-10-26)16-21(22)24-23(27)19-14-17(3)13-18(4)15-19/h7-8,13-16H,5-6,9-12H2,1-4H3,(H,24,27). The lowest BCUT2D eigenvalue weighted by molar-refractivity contribution is 0.0730. The summed E-state index contributed by atoms with van der Waals surface area (Å²) in [5.41, 5.74) is 3.82. The first-order chi connectivity index (χ1) is 14.8. The Labute approximate surface area is 185 Å². The van der Waals surface area contributed by atoms with Gasteiger partial charge in [0, 0.05) is 31.7 Å². The van der Waals surface area contributed by atoms with Crippen LogP contribution in [0.2, 0.25) is 0 Å². The summed E-state index contributed by atoms with van der Waals surface area (Å²) in [6.45, 7) is 10.8. The highest BCUT2D eigenvalue weighted by Gasteiger charge is 2.27. The van der Waals surface area contributed by atoms with Gasteiger partial charge in [-0.25, -0.2) is 8.42 Å². The van der Waals surface area contributed by atoms with Crippen LogP contribution in [0.15, 0.2) is 41.3 Å². The normalized spacial score (nSPS) is 15.0. The number of sulfonamides is 1. The summed E-state index contributed by atoms with van der Waals surface area (Å²) in [6.07, 6.45) is 0. The van der Waals surface area contributed by atoms with Crippen molar-refractivity contribution in [3.05, 3.63) is 53.1 Å². The van der Waals surface area contributed by atoms with E-state index >= 15 is 0 Å². The summed E-state index contributed by atoms with van der Waals surface area (Å²) >= 11 is 0. The first-order valence-corrected chi connectivity index (χ1v) is 12.1. The number of carbonyl (C=O) groups excluding carboxylic acids is 1. The molecule has 1 saturated heterocycles. The van der Waals surface area contributed by atoms with Crippen molar-refractivity contribution in [1.29, 1.82) is 0 Å². The highest BCUT2D eigenvalue weighted by molar-refractivity contribution is 7.89. The van der Waals surface area contributed by atoms with Crippen molar-refractivity contribution in [3.8, 4) is 0 Å². The van der Waals surface area contributed by atoms with E-state index < -0.39 is 10.0 Å². The van der Waals surface area contributed by atoms with Crippen LogP contribution >= 0.6 is 0 Å². The Morgan fingerprint density at radius 3 is 2.23 bits per heavy atom. The predicted octanol–water partition coefficient (Wildman–Crippen LogP) is 3.42. The van der Waals surface area contributed by atoms with Gasteiger partial charge in [0.05, 0.1) is 29.5 Å². The molecule has 7 nitrogen and oxygen atoms in total. The lowest BCUT2D eigenvalue weighted by Gasteiger charge is -2.28. The van der Waals surface area contributed by atoms with E-state index in [2.05, 4.69) is 10.2 Å². The van der Waals surface area contributed by atoms with Crippen molar-refractivity contribution in [3.63, 3.8) is 0 Å². The molecule has 0 spiro atoms. The number of hydrogen-bond acceptors (Lipinski definition) is 5. The first kappa shape index (κ1) is 23.2. The van der Waals surface area contributed by atoms with E-state index in [1.54, 1.807) is 18.2 Å². The van der Waals surface area contributed by atoms with E-state index in [0.717, 1.165) is 29.9 Å². The van der Waals surface area contributed by atoms with Crippen LogP contribution in [0, 0.1) is 13.8 Å². The number of anilines is 2. The van der Waals surface area contributed by atoms with E-state index in [1.807, 2.05) is 45.9 Å². The highest BCUT2D eigenvalue weighted by atomic mass is 32.2. The second kappa shape index (κ2) is 9.80. The Kier molecular flexibility index (Phi) is 7.35. The number of morpholine rings is 1. The number of amides is 1. The number of carbonyl (C=O) groups is 1. The molecule has 1 N–H and O–H groups in total. The van der Waals surface area contributed by atoms with Crippen LogP contribution in [0.1, 0.15) is 35.3 Å². The summed E-state index contributed by atoms with van der Waals surface area (Å²) in [5, 5.41) is 2.96. The maximum atomic E-state index is 13.1. The van der Waals surface area contributed by atoms with Crippen LogP contribution in [0.3, 0.4) is 0 Å². The minimum atomic E-state index is -3.67. The molecule has 0 saturated carbocycles. The van der Waals surface area contributed by atoms with Gasteiger partial charge in [-0.15, -0.1) is 0 Å². The molecular formula is C23H31N3O4S. The lowest BCUT2D eigenvalue weighted by Crippen LogP contribution is -2.40. The van der Waals surface area contributed by atoms with Crippen LogP contribution in [0.4, 0.5) is 11.4 Å². The molecule has 2 aromatic carbocycles. The minimum absolute atomic E-state index is 0.168. The van der Waals surface area contributed by atoms with Gasteiger partial charge in [0.1, 0.15) is 0 Å². The van der Waals surface area contributed by atoms with Crippen molar-refractivity contribution in [2.75, 3.05) is 49.6 Å². The van der Waals surface area contributed by atoms with Gasteiger partial charge in [-0.1, -0.05) is 17.2 Å². The SMILES string of the molecule is CCN(CC)c1ccc(S(=O)(=O)N2CCOCC2)cc1NC(=O)c1cc(C)cc(C)c1. The maximum Gasteiger partial charge on any atom is 0.255 e. The molecule has 0 aromatic heterocycles. The number of nitrogens with zero attached hydrogens (tertiary/aromatic N) is 2. The number of rotatable bonds is 7. The number of ether oxygens (including phenoxy) is 1. The number of benzene rings is 2. The molecule has 31 heavy (non-hydrogen) atoms. The van der Waals surface area contributed by atoms with E-state index in [4.69, 9.17) is 4.74 Å². The fourth-order valence-corrected chi connectivity index (χ4v) is 5.29. The number of hydrogen-bond donors (Lipinski definition) is 1. The Morgan fingerprint density at radius 2 is 1.65 bits per heavy atom. The molecule has 1 heterocycles. The molecule has 0 aliphatic carbocycles. The van der Waals surface area contributed by atoms with Gasteiger partial charge in [-0.05, 0) is 58.0 Å². The van der Waals surface area contributed by atoms with Crippen LogP contribution in [-0.2, 0) is 14.8 Å². The molecule has 0 atom stereocenters. The predicted molar refractivity (Wildman–Crippen MR) is 123 cm³/mol. The molecular weight excluding hydrogens is 414 g/mol. The largest absolute Gasteiger partial charge is 0.379 e. The van der Waals surface area contributed by atoms with Crippen molar-refractivity contribution < 1.29 is 17.9 Å². The fourth-order valence-electron chi connectivity index (χ4n) is 3.85. The zero-order valence-corrected chi connectivity index (χ0v) is 19.5. The van der Waals surface area contributed by atoms with Crippen molar-refractivity contribution in [2.24, 2.45) is 0 Å². The van der Waals surface area contributed by atoms with Gasteiger partial charge < -0.3 is 15.0 Å². The third-order valence-electron chi connectivity index (χ3n) is 5.41. The average molecular weight is 446 g/mol. The zero-order chi connectivity index (χ0) is 22.6. The topological polar surface area (TPSA) is 79.0 Å². The zero-order valence-electron chi connectivity index (χ0n) is 18.6.